The van der Waals surface area contributed by atoms with Crippen LogP contribution in [0.2, 0.25) is 0 Å². The fourth-order valence-corrected chi connectivity index (χ4v) is 5.84. The molecule has 1 fully saturated rings. The van der Waals surface area contributed by atoms with Gasteiger partial charge < -0.3 is 11.1 Å². The van der Waals surface area contributed by atoms with Crippen LogP contribution in [0.1, 0.15) is 50.4 Å². The zero-order valence-electron chi connectivity index (χ0n) is 16.7. The van der Waals surface area contributed by atoms with Crippen LogP contribution in [-0.2, 0) is 13.0 Å². The van der Waals surface area contributed by atoms with E-state index in [0.29, 0.717) is 4.88 Å². The number of primary amides is 1. The Kier molecular flexibility index (Phi) is 6.14. The molecule has 31 heavy (non-hydrogen) atoms. The summed E-state index contributed by atoms with van der Waals surface area (Å²) in [5, 5.41) is 8.09. The average Bonchev–Trinajstić information content (AvgIpc) is 3.31. The molecule has 1 amide bonds. The number of thiophene rings is 1. The Morgan fingerprint density at radius 3 is 2.84 bits per heavy atom. The standard InChI is InChI=1S/C22H22F2N4OS.ClH/c23-17-4-3-12(8-18(17)24)13-5-6-26-10-15(13)16-11-27-28-7-1-2-19-14(21(16)28)9-20(30-19)22(25)29;/h3-4,8-9,11,13,15,26H,1-2,5-7,10H2,(H2,25,29);1H/t13-,15+;/m1./s1. The second kappa shape index (κ2) is 8.68. The number of aryl methyl sites for hydroxylation is 2. The van der Waals surface area contributed by atoms with Gasteiger partial charge in [0.1, 0.15) is 0 Å². The number of rotatable bonds is 3. The van der Waals surface area contributed by atoms with Gasteiger partial charge in [0.2, 0.25) is 0 Å². The smallest absolute Gasteiger partial charge is 0.258 e. The Bertz CT molecular complexity index is 1130. The lowest BCUT2D eigenvalue weighted by Crippen LogP contribution is -2.34. The number of nitrogens with zero attached hydrogens (tertiary/aromatic N) is 2. The summed E-state index contributed by atoms with van der Waals surface area (Å²) in [6.07, 6.45) is 4.54. The number of aromatic nitrogens is 2. The minimum absolute atomic E-state index is 0. The minimum atomic E-state index is -0.828. The van der Waals surface area contributed by atoms with Gasteiger partial charge >= 0.3 is 0 Å². The highest BCUT2D eigenvalue weighted by Gasteiger charge is 2.33. The molecule has 3 N–H and O–H groups in total. The maximum atomic E-state index is 14.0. The minimum Gasteiger partial charge on any atom is -0.365 e. The van der Waals surface area contributed by atoms with E-state index in [2.05, 4.69) is 10.4 Å². The number of amides is 1. The SMILES string of the molecule is Cl.NC(=O)c1cc2c(s1)CCCn1ncc([C@H]3CNCC[C@@H]3c3ccc(F)c(F)c3)c1-2. The van der Waals surface area contributed by atoms with Crippen molar-refractivity contribution >= 4 is 29.7 Å². The molecule has 3 aromatic rings. The van der Waals surface area contributed by atoms with Crippen molar-refractivity contribution in [1.29, 1.82) is 0 Å². The monoisotopic (exact) mass is 464 g/mol. The Balaban J connectivity index is 0.00000231. The highest BCUT2D eigenvalue weighted by molar-refractivity contribution is 7.14. The predicted octanol–water partition coefficient (Wildman–Crippen LogP) is 4.22. The Hall–Kier alpha value is -2.29. The normalized spacial score (nSPS) is 20.3. The molecular formula is C22H23ClF2N4OS. The van der Waals surface area contributed by atoms with Crippen LogP contribution in [0.25, 0.3) is 11.3 Å². The summed E-state index contributed by atoms with van der Waals surface area (Å²) in [7, 11) is 0. The van der Waals surface area contributed by atoms with Crippen LogP contribution in [-0.4, -0.2) is 28.8 Å². The van der Waals surface area contributed by atoms with E-state index in [-0.39, 0.29) is 24.2 Å². The molecule has 2 aliphatic rings. The van der Waals surface area contributed by atoms with E-state index in [9.17, 15) is 13.6 Å². The molecular weight excluding hydrogens is 442 g/mol. The number of halogens is 3. The van der Waals surface area contributed by atoms with Crippen LogP contribution in [0.15, 0.2) is 30.5 Å². The third-order valence-electron chi connectivity index (χ3n) is 6.20. The Morgan fingerprint density at radius 2 is 2.06 bits per heavy atom. The molecule has 0 bridgehead atoms. The van der Waals surface area contributed by atoms with Gasteiger partial charge in [-0.2, -0.15) is 5.10 Å². The molecule has 0 radical (unpaired) electrons. The fraction of sp³-hybridized carbons (Fsp3) is 0.364. The van der Waals surface area contributed by atoms with E-state index in [1.807, 2.05) is 16.9 Å². The molecule has 5 rings (SSSR count). The fourth-order valence-electron chi connectivity index (χ4n) is 4.79. The van der Waals surface area contributed by atoms with Crippen LogP contribution >= 0.6 is 23.7 Å². The third-order valence-corrected chi connectivity index (χ3v) is 7.41. The number of piperidine rings is 1. The van der Waals surface area contributed by atoms with Gasteiger partial charge in [-0.3, -0.25) is 9.48 Å². The van der Waals surface area contributed by atoms with Gasteiger partial charge in [-0.15, -0.1) is 23.7 Å². The van der Waals surface area contributed by atoms with Crippen molar-refractivity contribution in [1.82, 2.24) is 15.1 Å². The van der Waals surface area contributed by atoms with Gasteiger partial charge in [-0.05, 0) is 55.5 Å². The third kappa shape index (κ3) is 3.88. The number of hydrogen-bond acceptors (Lipinski definition) is 4. The van der Waals surface area contributed by atoms with Crippen molar-refractivity contribution in [2.24, 2.45) is 5.73 Å². The van der Waals surface area contributed by atoms with Crippen LogP contribution in [0.3, 0.4) is 0 Å². The lowest BCUT2D eigenvalue weighted by atomic mass is 9.77. The Morgan fingerprint density at radius 1 is 1.23 bits per heavy atom. The number of nitrogens with two attached hydrogens (primary N) is 1. The first-order valence-corrected chi connectivity index (χ1v) is 11.0. The highest BCUT2D eigenvalue weighted by atomic mass is 35.5. The number of nitrogens with one attached hydrogen (secondary N) is 1. The molecule has 2 aromatic heterocycles. The van der Waals surface area contributed by atoms with Gasteiger partial charge in [-0.25, -0.2) is 8.78 Å². The maximum Gasteiger partial charge on any atom is 0.258 e. The van der Waals surface area contributed by atoms with Gasteiger partial charge in [-0.1, -0.05) is 6.07 Å². The molecule has 1 aromatic carbocycles. The van der Waals surface area contributed by atoms with Gasteiger partial charge in [0.05, 0.1) is 16.8 Å². The van der Waals surface area contributed by atoms with E-state index in [0.717, 1.165) is 66.2 Å². The summed E-state index contributed by atoms with van der Waals surface area (Å²) in [6.45, 7) is 2.35. The molecule has 164 valence electrons. The second-order valence-electron chi connectivity index (χ2n) is 7.97. The summed E-state index contributed by atoms with van der Waals surface area (Å²) in [6, 6.07) is 6.10. The zero-order chi connectivity index (χ0) is 20.8. The molecule has 0 unspecified atom stereocenters. The molecule has 0 spiro atoms. The van der Waals surface area contributed by atoms with Crippen molar-refractivity contribution in [2.75, 3.05) is 13.1 Å². The van der Waals surface area contributed by atoms with Crippen molar-refractivity contribution in [3.63, 3.8) is 0 Å². The van der Waals surface area contributed by atoms with Crippen molar-refractivity contribution < 1.29 is 13.6 Å². The van der Waals surface area contributed by atoms with Crippen LogP contribution in [0.5, 0.6) is 0 Å². The maximum absolute atomic E-state index is 14.0. The molecule has 0 saturated carbocycles. The Labute approximate surface area is 189 Å². The molecule has 5 nitrogen and oxygen atoms in total. The molecule has 9 heteroatoms. The number of hydrogen-bond donors (Lipinski definition) is 2. The van der Waals surface area contributed by atoms with Gasteiger partial charge in [0.25, 0.3) is 5.91 Å². The molecule has 2 aliphatic heterocycles. The average molecular weight is 465 g/mol. The number of carbonyl (C=O) groups is 1. The number of carbonyl (C=O) groups excluding carboxylic acids is 1. The first-order valence-electron chi connectivity index (χ1n) is 10.2. The van der Waals surface area contributed by atoms with E-state index >= 15 is 0 Å². The molecule has 4 heterocycles. The lowest BCUT2D eigenvalue weighted by Gasteiger charge is -2.33. The topological polar surface area (TPSA) is 72.9 Å². The summed E-state index contributed by atoms with van der Waals surface area (Å²) in [5.74, 6) is -1.94. The first-order chi connectivity index (χ1) is 14.5. The van der Waals surface area contributed by atoms with Crippen LogP contribution in [0.4, 0.5) is 8.78 Å². The second-order valence-corrected chi connectivity index (χ2v) is 9.10. The van der Waals surface area contributed by atoms with Crippen LogP contribution in [0, 0.1) is 11.6 Å². The van der Waals surface area contributed by atoms with E-state index in [4.69, 9.17) is 5.73 Å². The largest absolute Gasteiger partial charge is 0.365 e. The summed E-state index contributed by atoms with van der Waals surface area (Å²) < 4.78 is 29.5. The van der Waals surface area contributed by atoms with Crippen molar-refractivity contribution in [3.8, 4) is 11.3 Å². The molecule has 1 saturated heterocycles. The van der Waals surface area contributed by atoms with Gasteiger partial charge in [0, 0.05) is 35.0 Å². The predicted molar refractivity (Wildman–Crippen MR) is 119 cm³/mol. The van der Waals surface area contributed by atoms with Crippen LogP contribution < -0.4 is 11.1 Å². The van der Waals surface area contributed by atoms with Gasteiger partial charge in [0.15, 0.2) is 11.6 Å². The highest BCUT2D eigenvalue weighted by Crippen LogP contribution is 2.44. The lowest BCUT2D eigenvalue weighted by molar-refractivity contribution is 0.100. The summed E-state index contributed by atoms with van der Waals surface area (Å²) in [5.41, 5.74) is 9.46. The van der Waals surface area contributed by atoms with Crippen molar-refractivity contribution in [3.05, 3.63) is 63.0 Å². The quantitative estimate of drug-likeness (QED) is 0.609. The number of fused-ring (bicyclic) bond motifs is 3. The van der Waals surface area contributed by atoms with E-state index < -0.39 is 17.5 Å². The first kappa shape index (κ1) is 21.9. The van der Waals surface area contributed by atoms with E-state index in [1.54, 1.807) is 6.07 Å². The van der Waals surface area contributed by atoms with E-state index in [1.165, 1.54) is 23.5 Å². The van der Waals surface area contributed by atoms with Crippen molar-refractivity contribution in [2.45, 2.75) is 37.6 Å². The number of benzene rings is 1. The summed E-state index contributed by atoms with van der Waals surface area (Å²) >= 11 is 1.46. The zero-order valence-corrected chi connectivity index (χ0v) is 18.4. The molecule has 2 atom stereocenters. The molecule has 0 aliphatic carbocycles. The summed E-state index contributed by atoms with van der Waals surface area (Å²) in [4.78, 5) is 13.5.